The Bertz CT molecular complexity index is 887. The van der Waals surface area contributed by atoms with E-state index < -0.39 is 15.9 Å². The van der Waals surface area contributed by atoms with Crippen molar-refractivity contribution in [2.75, 3.05) is 26.3 Å². The van der Waals surface area contributed by atoms with Gasteiger partial charge in [0, 0.05) is 32.9 Å². The number of nitrogens with one attached hydrogen (secondary N) is 1. The van der Waals surface area contributed by atoms with E-state index in [0.717, 1.165) is 5.56 Å². The van der Waals surface area contributed by atoms with E-state index in [9.17, 15) is 17.6 Å². The number of rotatable bonds is 5. The number of morpholine rings is 1. The molecular formula is C17H20FN3O4S. The quantitative estimate of drug-likeness (QED) is 0.842. The minimum atomic E-state index is -3.66. The van der Waals surface area contributed by atoms with Gasteiger partial charge in [0.15, 0.2) is 0 Å². The first-order chi connectivity index (χ1) is 12.4. The Labute approximate surface area is 151 Å². The van der Waals surface area contributed by atoms with Crippen LogP contribution in [0.15, 0.2) is 41.4 Å². The van der Waals surface area contributed by atoms with Crippen molar-refractivity contribution in [3.63, 3.8) is 0 Å². The highest BCUT2D eigenvalue weighted by Crippen LogP contribution is 2.19. The van der Waals surface area contributed by atoms with E-state index in [-0.39, 0.29) is 23.0 Å². The molecule has 26 heavy (non-hydrogen) atoms. The third-order valence-electron chi connectivity index (χ3n) is 4.19. The number of aromatic nitrogens is 1. The van der Waals surface area contributed by atoms with Crippen LogP contribution in [0.5, 0.6) is 0 Å². The molecule has 140 valence electrons. The number of sulfonamides is 1. The highest BCUT2D eigenvalue weighted by Gasteiger charge is 2.28. The van der Waals surface area contributed by atoms with Crippen LogP contribution in [-0.4, -0.2) is 49.5 Å². The fourth-order valence-corrected chi connectivity index (χ4v) is 4.19. The van der Waals surface area contributed by atoms with Gasteiger partial charge in [-0.3, -0.25) is 4.79 Å². The zero-order valence-corrected chi connectivity index (χ0v) is 15.1. The molecule has 2 heterocycles. The van der Waals surface area contributed by atoms with Crippen molar-refractivity contribution in [3.05, 3.63) is 53.6 Å². The molecule has 0 unspecified atom stereocenters. The molecule has 1 fully saturated rings. The number of hydrogen-bond acceptors (Lipinski definition) is 4. The van der Waals surface area contributed by atoms with Crippen LogP contribution < -0.4 is 5.32 Å². The molecule has 0 saturated carbocycles. The monoisotopic (exact) mass is 381 g/mol. The molecule has 9 heteroatoms. The molecule has 0 radical (unpaired) electrons. The van der Waals surface area contributed by atoms with Crippen LogP contribution in [0, 0.1) is 5.82 Å². The lowest BCUT2D eigenvalue weighted by Gasteiger charge is -2.25. The Kier molecular flexibility index (Phi) is 5.40. The zero-order valence-electron chi connectivity index (χ0n) is 14.3. The number of benzene rings is 1. The van der Waals surface area contributed by atoms with Gasteiger partial charge in [-0.1, -0.05) is 12.1 Å². The first-order valence-electron chi connectivity index (χ1n) is 8.15. The predicted molar refractivity (Wildman–Crippen MR) is 92.6 cm³/mol. The summed E-state index contributed by atoms with van der Waals surface area (Å²) in [5.74, 6) is -0.749. The van der Waals surface area contributed by atoms with Crippen LogP contribution >= 0.6 is 0 Å². The van der Waals surface area contributed by atoms with E-state index in [4.69, 9.17) is 4.74 Å². The topological polar surface area (TPSA) is 80.6 Å². The maximum atomic E-state index is 12.9. The number of carbonyl (C=O) groups excluding carboxylic acids is 1. The van der Waals surface area contributed by atoms with Gasteiger partial charge in [0.2, 0.25) is 10.0 Å². The van der Waals surface area contributed by atoms with Gasteiger partial charge >= 0.3 is 0 Å². The molecule has 1 aromatic carbocycles. The third kappa shape index (κ3) is 3.95. The lowest BCUT2D eigenvalue weighted by molar-refractivity contribution is 0.0730. The Morgan fingerprint density at radius 2 is 1.88 bits per heavy atom. The molecule has 0 spiro atoms. The van der Waals surface area contributed by atoms with Crippen LogP contribution in [0.3, 0.4) is 0 Å². The number of aryl methyl sites for hydroxylation is 1. The van der Waals surface area contributed by atoms with E-state index in [1.807, 2.05) is 0 Å². The minimum Gasteiger partial charge on any atom is -0.379 e. The summed E-state index contributed by atoms with van der Waals surface area (Å²) in [6.45, 7) is 1.52. The molecule has 1 amide bonds. The van der Waals surface area contributed by atoms with E-state index >= 15 is 0 Å². The zero-order chi connectivity index (χ0) is 18.7. The first-order valence-corrected chi connectivity index (χ1v) is 9.59. The molecule has 1 N–H and O–H groups in total. The van der Waals surface area contributed by atoms with Gasteiger partial charge in [0.05, 0.1) is 13.2 Å². The van der Waals surface area contributed by atoms with Crippen LogP contribution in [0.4, 0.5) is 4.39 Å². The summed E-state index contributed by atoms with van der Waals surface area (Å²) < 4.78 is 46.3. The average molecular weight is 381 g/mol. The fourth-order valence-electron chi connectivity index (χ4n) is 2.71. The Morgan fingerprint density at radius 1 is 1.23 bits per heavy atom. The van der Waals surface area contributed by atoms with Crippen LogP contribution in [0.1, 0.15) is 16.1 Å². The van der Waals surface area contributed by atoms with Gasteiger partial charge in [-0.15, -0.1) is 0 Å². The van der Waals surface area contributed by atoms with Crippen molar-refractivity contribution in [3.8, 4) is 0 Å². The minimum absolute atomic E-state index is 0.0776. The molecular weight excluding hydrogens is 361 g/mol. The average Bonchev–Trinajstić information content (AvgIpc) is 3.04. The number of amides is 1. The molecule has 1 aromatic heterocycles. The number of carbonyl (C=O) groups is 1. The summed E-state index contributed by atoms with van der Waals surface area (Å²) in [7, 11) is -2.04. The molecule has 2 aromatic rings. The standard InChI is InChI=1S/C17H20FN3O4S/c1-20-12-15(26(23,24)21-6-8-25-9-7-21)10-16(20)17(22)19-11-13-2-4-14(18)5-3-13/h2-5,10,12H,6-9,11H2,1H3,(H,19,22). The lowest BCUT2D eigenvalue weighted by atomic mass is 10.2. The summed E-state index contributed by atoms with van der Waals surface area (Å²) in [5, 5.41) is 2.71. The van der Waals surface area contributed by atoms with E-state index in [0.29, 0.717) is 26.3 Å². The number of halogens is 1. The maximum Gasteiger partial charge on any atom is 0.268 e. The molecule has 0 bridgehead atoms. The Hall–Kier alpha value is -2.23. The van der Waals surface area contributed by atoms with Crippen molar-refractivity contribution in [1.82, 2.24) is 14.2 Å². The summed E-state index contributed by atoms with van der Waals surface area (Å²) in [4.78, 5) is 12.5. The summed E-state index contributed by atoms with van der Waals surface area (Å²) in [6, 6.07) is 7.16. The summed E-state index contributed by atoms with van der Waals surface area (Å²) in [6.07, 6.45) is 1.43. The second kappa shape index (κ2) is 7.56. The maximum absolute atomic E-state index is 12.9. The van der Waals surface area contributed by atoms with Gasteiger partial charge in [-0.2, -0.15) is 4.31 Å². The van der Waals surface area contributed by atoms with Crippen molar-refractivity contribution in [2.24, 2.45) is 7.05 Å². The Balaban J connectivity index is 1.72. The molecule has 1 saturated heterocycles. The summed E-state index contributed by atoms with van der Waals surface area (Å²) >= 11 is 0. The summed E-state index contributed by atoms with van der Waals surface area (Å²) in [5.41, 5.74) is 0.981. The normalized spacial score (nSPS) is 15.8. The predicted octanol–water partition coefficient (Wildman–Crippen LogP) is 1.12. The molecule has 3 rings (SSSR count). The lowest BCUT2D eigenvalue weighted by Crippen LogP contribution is -2.40. The van der Waals surface area contributed by atoms with Gasteiger partial charge in [-0.05, 0) is 23.8 Å². The van der Waals surface area contributed by atoms with E-state index in [2.05, 4.69) is 5.32 Å². The Morgan fingerprint density at radius 3 is 2.54 bits per heavy atom. The molecule has 1 aliphatic heterocycles. The van der Waals surface area contributed by atoms with E-state index in [1.165, 1.54) is 33.3 Å². The van der Waals surface area contributed by atoms with Gasteiger partial charge in [0.1, 0.15) is 16.4 Å². The van der Waals surface area contributed by atoms with Crippen LogP contribution in [-0.2, 0) is 28.4 Å². The van der Waals surface area contributed by atoms with Crippen molar-refractivity contribution >= 4 is 15.9 Å². The number of nitrogens with zero attached hydrogens (tertiary/aromatic N) is 2. The van der Waals surface area contributed by atoms with Gasteiger partial charge in [-0.25, -0.2) is 12.8 Å². The molecule has 7 nitrogen and oxygen atoms in total. The van der Waals surface area contributed by atoms with Crippen LogP contribution in [0.25, 0.3) is 0 Å². The molecule has 0 aliphatic carbocycles. The number of hydrogen-bond donors (Lipinski definition) is 1. The smallest absolute Gasteiger partial charge is 0.268 e. The van der Waals surface area contributed by atoms with E-state index in [1.54, 1.807) is 19.2 Å². The largest absolute Gasteiger partial charge is 0.379 e. The molecule has 1 aliphatic rings. The van der Waals surface area contributed by atoms with Crippen molar-refractivity contribution < 1.29 is 22.3 Å². The second-order valence-corrected chi connectivity index (χ2v) is 7.94. The van der Waals surface area contributed by atoms with Gasteiger partial charge in [0.25, 0.3) is 5.91 Å². The molecule has 0 atom stereocenters. The third-order valence-corrected chi connectivity index (χ3v) is 6.05. The fraction of sp³-hybridized carbons (Fsp3) is 0.353. The van der Waals surface area contributed by atoms with Crippen LogP contribution in [0.2, 0.25) is 0 Å². The highest BCUT2D eigenvalue weighted by atomic mass is 32.2. The van der Waals surface area contributed by atoms with Crippen molar-refractivity contribution in [2.45, 2.75) is 11.4 Å². The SMILES string of the molecule is Cn1cc(S(=O)(=O)N2CCOCC2)cc1C(=O)NCc1ccc(F)cc1. The first kappa shape index (κ1) is 18.6. The van der Waals surface area contributed by atoms with Crippen molar-refractivity contribution in [1.29, 1.82) is 0 Å². The number of ether oxygens (including phenoxy) is 1. The van der Waals surface area contributed by atoms with Gasteiger partial charge < -0.3 is 14.6 Å². The highest BCUT2D eigenvalue weighted by molar-refractivity contribution is 7.89. The second-order valence-electron chi connectivity index (χ2n) is 6.00.